The van der Waals surface area contributed by atoms with E-state index >= 15 is 0 Å². The monoisotopic (exact) mass is 438 g/mol. The fourth-order valence-electron chi connectivity index (χ4n) is 3.37. The molecule has 5 rings (SSSR count). The first-order valence-corrected chi connectivity index (χ1v) is 10.5. The third kappa shape index (κ3) is 4.19. The fraction of sp³-hybridized carbons (Fsp3) is 0.333. The summed E-state index contributed by atoms with van der Waals surface area (Å²) in [6, 6.07) is 7.58. The number of imidazole rings is 1. The van der Waals surface area contributed by atoms with Gasteiger partial charge < -0.3 is 20.7 Å². The molecule has 1 aromatic carbocycles. The third-order valence-electron chi connectivity index (χ3n) is 5.27. The van der Waals surface area contributed by atoms with Crippen LogP contribution in [0.5, 0.6) is 0 Å². The molecule has 160 valence electrons. The van der Waals surface area contributed by atoms with Crippen LogP contribution >= 0.6 is 11.6 Å². The maximum absolute atomic E-state index is 10.5. The first-order valence-electron chi connectivity index (χ1n) is 10.2. The summed E-state index contributed by atoms with van der Waals surface area (Å²) in [5.74, 6) is 2.17. The predicted molar refractivity (Wildman–Crippen MR) is 120 cm³/mol. The van der Waals surface area contributed by atoms with Crippen LogP contribution in [-0.4, -0.2) is 35.2 Å². The van der Waals surface area contributed by atoms with E-state index in [1.54, 1.807) is 26.2 Å². The Morgan fingerprint density at radius 1 is 1.19 bits per heavy atom. The Balaban J connectivity index is 1.39. The standard InChI is InChI=1S/C21H23ClN8O/c1-21(2,31)15-8-16(27-17-7-14(29-30-17)11-3-4-11)28-20(26-15)23-9-12-5-6-13-19(18(12)22)25-10-24-13/h5-8,10-11,31H,3-4,9H2,1-2H3,(H,24,25)(H3,23,26,27,28,29,30). The number of benzene rings is 1. The van der Waals surface area contributed by atoms with Gasteiger partial charge in [-0.15, -0.1) is 0 Å². The van der Waals surface area contributed by atoms with Gasteiger partial charge in [0.05, 0.1) is 22.6 Å². The second kappa shape index (κ2) is 7.51. The summed E-state index contributed by atoms with van der Waals surface area (Å²) in [5.41, 5.74) is 2.95. The number of anilines is 3. The highest BCUT2D eigenvalue weighted by atomic mass is 35.5. The van der Waals surface area contributed by atoms with Crippen molar-refractivity contribution >= 4 is 40.2 Å². The first kappa shape index (κ1) is 19.8. The Morgan fingerprint density at radius 2 is 2.03 bits per heavy atom. The van der Waals surface area contributed by atoms with Gasteiger partial charge in [0.2, 0.25) is 5.95 Å². The number of H-pyrrole nitrogens is 2. The van der Waals surface area contributed by atoms with E-state index in [0.717, 1.165) is 22.3 Å². The maximum atomic E-state index is 10.5. The SMILES string of the molecule is CC(C)(O)c1cc(Nc2cc(C3CC3)[nH]n2)nc(NCc2ccc3[nH]cnc3c2Cl)n1. The van der Waals surface area contributed by atoms with Gasteiger partial charge in [0.1, 0.15) is 16.9 Å². The summed E-state index contributed by atoms with van der Waals surface area (Å²) in [5, 5.41) is 24.9. The number of rotatable bonds is 7. The lowest BCUT2D eigenvalue weighted by Gasteiger charge is -2.19. The summed E-state index contributed by atoms with van der Waals surface area (Å²) in [4.78, 5) is 16.3. The van der Waals surface area contributed by atoms with Crippen LogP contribution in [0.1, 0.15) is 49.6 Å². The molecule has 0 aliphatic heterocycles. The average Bonchev–Trinajstić information content (AvgIpc) is 3.27. The van der Waals surface area contributed by atoms with E-state index in [2.05, 4.69) is 40.8 Å². The highest BCUT2D eigenvalue weighted by Gasteiger charge is 2.26. The van der Waals surface area contributed by atoms with Crippen LogP contribution in [0.3, 0.4) is 0 Å². The van der Waals surface area contributed by atoms with Gasteiger partial charge in [-0.1, -0.05) is 17.7 Å². The molecule has 31 heavy (non-hydrogen) atoms. The molecule has 0 bridgehead atoms. The Labute approximate surface area is 183 Å². The van der Waals surface area contributed by atoms with E-state index in [0.29, 0.717) is 40.8 Å². The molecule has 1 aliphatic carbocycles. The maximum Gasteiger partial charge on any atom is 0.225 e. The van der Waals surface area contributed by atoms with Gasteiger partial charge in [-0.25, -0.2) is 9.97 Å². The van der Waals surface area contributed by atoms with Crippen LogP contribution in [0, 0.1) is 0 Å². The van der Waals surface area contributed by atoms with Gasteiger partial charge in [-0.05, 0) is 38.3 Å². The molecule has 0 saturated heterocycles. The third-order valence-corrected chi connectivity index (χ3v) is 5.69. The normalized spacial score (nSPS) is 14.2. The zero-order valence-electron chi connectivity index (χ0n) is 17.2. The average molecular weight is 439 g/mol. The van der Waals surface area contributed by atoms with Crippen LogP contribution in [0.25, 0.3) is 11.0 Å². The van der Waals surface area contributed by atoms with E-state index in [9.17, 15) is 5.11 Å². The Kier molecular flexibility index (Phi) is 4.79. The zero-order chi connectivity index (χ0) is 21.6. The van der Waals surface area contributed by atoms with Gasteiger partial charge in [-0.2, -0.15) is 10.1 Å². The van der Waals surface area contributed by atoms with E-state index in [4.69, 9.17) is 11.6 Å². The molecule has 0 amide bonds. The molecular weight excluding hydrogens is 416 g/mol. The van der Waals surface area contributed by atoms with Crippen LogP contribution in [0.15, 0.2) is 30.6 Å². The molecule has 5 N–H and O–H groups in total. The van der Waals surface area contributed by atoms with E-state index in [-0.39, 0.29) is 0 Å². The summed E-state index contributed by atoms with van der Waals surface area (Å²) in [6.07, 6.45) is 4.00. The summed E-state index contributed by atoms with van der Waals surface area (Å²) in [6.45, 7) is 3.78. The Morgan fingerprint density at radius 3 is 2.81 bits per heavy atom. The number of aromatic nitrogens is 6. The van der Waals surface area contributed by atoms with Crippen molar-refractivity contribution in [3.63, 3.8) is 0 Å². The topological polar surface area (TPSA) is 127 Å². The molecule has 3 aromatic heterocycles. The number of fused-ring (bicyclic) bond motifs is 1. The van der Waals surface area contributed by atoms with Crippen LogP contribution in [0.4, 0.5) is 17.6 Å². The molecule has 1 aliphatic rings. The molecule has 0 unspecified atom stereocenters. The van der Waals surface area contributed by atoms with Crippen molar-refractivity contribution in [2.24, 2.45) is 0 Å². The number of nitrogens with zero attached hydrogens (tertiary/aromatic N) is 4. The molecule has 0 radical (unpaired) electrons. The number of hydrogen-bond acceptors (Lipinski definition) is 7. The summed E-state index contributed by atoms with van der Waals surface area (Å²) >= 11 is 6.50. The van der Waals surface area contributed by atoms with E-state index < -0.39 is 5.60 Å². The van der Waals surface area contributed by atoms with Crippen molar-refractivity contribution in [2.75, 3.05) is 10.6 Å². The van der Waals surface area contributed by atoms with E-state index in [1.807, 2.05) is 18.2 Å². The molecule has 0 spiro atoms. The Bertz CT molecular complexity index is 1240. The predicted octanol–water partition coefficient (Wildman–Crippen LogP) is 4.19. The molecule has 9 nitrogen and oxygen atoms in total. The van der Waals surface area contributed by atoms with Crippen LogP contribution in [-0.2, 0) is 12.1 Å². The second-order valence-electron chi connectivity index (χ2n) is 8.32. The van der Waals surface area contributed by atoms with E-state index in [1.165, 1.54) is 12.8 Å². The van der Waals surface area contributed by atoms with Crippen molar-refractivity contribution in [3.05, 3.63) is 52.6 Å². The molecular formula is C21H23ClN8O. The Hall–Kier alpha value is -3.17. The quantitative estimate of drug-likeness (QED) is 0.292. The molecule has 1 fully saturated rings. The molecule has 3 heterocycles. The largest absolute Gasteiger partial charge is 0.384 e. The second-order valence-corrected chi connectivity index (χ2v) is 8.70. The lowest BCUT2D eigenvalue weighted by atomic mass is 10.1. The van der Waals surface area contributed by atoms with Crippen molar-refractivity contribution in [2.45, 2.75) is 44.8 Å². The van der Waals surface area contributed by atoms with Crippen molar-refractivity contribution in [1.82, 2.24) is 30.1 Å². The summed E-state index contributed by atoms with van der Waals surface area (Å²) in [7, 11) is 0. The first-order chi connectivity index (χ1) is 14.9. The van der Waals surface area contributed by atoms with Gasteiger partial charge in [0.15, 0.2) is 5.82 Å². The van der Waals surface area contributed by atoms with Gasteiger partial charge in [0, 0.05) is 30.3 Å². The highest BCUT2D eigenvalue weighted by molar-refractivity contribution is 6.35. The lowest BCUT2D eigenvalue weighted by Crippen LogP contribution is -2.19. The van der Waals surface area contributed by atoms with Crippen LogP contribution in [0.2, 0.25) is 5.02 Å². The minimum Gasteiger partial charge on any atom is -0.384 e. The molecule has 0 atom stereocenters. The number of nitrogens with one attached hydrogen (secondary N) is 4. The van der Waals surface area contributed by atoms with Gasteiger partial charge in [0.25, 0.3) is 0 Å². The number of halogens is 1. The number of aliphatic hydroxyl groups is 1. The van der Waals surface area contributed by atoms with Gasteiger partial charge in [-0.3, -0.25) is 5.10 Å². The number of hydrogen-bond donors (Lipinski definition) is 5. The zero-order valence-corrected chi connectivity index (χ0v) is 18.0. The number of aromatic amines is 2. The fourth-order valence-corrected chi connectivity index (χ4v) is 3.65. The van der Waals surface area contributed by atoms with Crippen molar-refractivity contribution in [3.8, 4) is 0 Å². The minimum atomic E-state index is -1.13. The highest BCUT2D eigenvalue weighted by Crippen LogP contribution is 2.39. The van der Waals surface area contributed by atoms with Gasteiger partial charge >= 0.3 is 0 Å². The molecule has 10 heteroatoms. The van der Waals surface area contributed by atoms with Crippen LogP contribution < -0.4 is 10.6 Å². The minimum absolute atomic E-state index is 0.373. The smallest absolute Gasteiger partial charge is 0.225 e. The molecule has 4 aromatic rings. The lowest BCUT2D eigenvalue weighted by molar-refractivity contribution is 0.0739. The van der Waals surface area contributed by atoms with Crippen molar-refractivity contribution in [1.29, 1.82) is 0 Å². The summed E-state index contributed by atoms with van der Waals surface area (Å²) < 4.78 is 0. The molecule has 1 saturated carbocycles. The van der Waals surface area contributed by atoms with Crippen molar-refractivity contribution < 1.29 is 5.11 Å².